The SMILES string of the molecule is O=C(/C=C/c1ccccc1F)Oc1cc(CCc2ccccc2)oc(=O)c1. The van der Waals surface area contributed by atoms with E-state index in [9.17, 15) is 14.0 Å². The number of carbonyl (C=O) groups excluding carboxylic acids is 1. The zero-order valence-corrected chi connectivity index (χ0v) is 14.4. The van der Waals surface area contributed by atoms with Crippen LogP contribution in [0.15, 0.2) is 82.0 Å². The van der Waals surface area contributed by atoms with Gasteiger partial charge in [0.15, 0.2) is 0 Å². The summed E-state index contributed by atoms with van der Waals surface area (Å²) in [5.41, 5.74) is 0.780. The number of benzene rings is 2. The lowest BCUT2D eigenvalue weighted by atomic mass is 10.1. The van der Waals surface area contributed by atoms with Crippen LogP contribution in [0.4, 0.5) is 4.39 Å². The van der Waals surface area contributed by atoms with Gasteiger partial charge in [0.2, 0.25) is 0 Å². The van der Waals surface area contributed by atoms with E-state index in [0.29, 0.717) is 18.6 Å². The molecule has 4 nitrogen and oxygen atoms in total. The number of hydrogen-bond acceptors (Lipinski definition) is 4. The fraction of sp³-hybridized carbons (Fsp3) is 0.0909. The third-order valence-corrected chi connectivity index (χ3v) is 3.82. The molecule has 0 bridgehead atoms. The molecule has 0 spiro atoms. The van der Waals surface area contributed by atoms with Crippen molar-refractivity contribution < 1.29 is 18.3 Å². The molecule has 1 aromatic heterocycles. The molecule has 0 radical (unpaired) electrons. The average Bonchev–Trinajstić information content (AvgIpc) is 2.66. The van der Waals surface area contributed by atoms with Crippen LogP contribution >= 0.6 is 0 Å². The van der Waals surface area contributed by atoms with Crippen LogP contribution < -0.4 is 10.4 Å². The molecule has 0 saturated heterocycles. The molecule has 5 heteroatoms. The first-order valence-electron chi connectivity index (χ1n) is 8.42. The van der Waals surface area contributed by atoms with Crippen molar-refractivity contribution in [1.29, 1.82) is 0 Å². The molecule has 2 aromatic carbocycles. The maximum Gasteiger partial charge on any atom is 0.339 e. The number of carbonyl (C=O) groups is 1. The molecule has 27 heavy (non-hydrogen) atoms. The van der Waals surface area contributed by atoms with Gasteiger partial charge in [0.25, 0.3) is 0 Å². The molecule has 0 amide bonds. The third-order valence-electron chi connectivity index (χ3n) is 3.82. The minimum absolute atomic E-state index is 0.0949. The van der Waals surface area contributed by atoms with E-state index in [1.165, 1.54) is 24.3 Å². The van der Waals surface area contributed by atoms with Crippen molar-refractivity contribution in [2.75, 3.05) is 0 Å². The Bertz CT molecular complexity index is 1010. The molecule has 0 fully saturated rings. The smallest absolute Gasteiger partial charge is 0.339 e. The number of rotatable bonds is 6. The van der Waals surface area contributed by atoms with Gasteiger partial charge in [-0.3, -0.25) is 0 Å². The number of aryl methyl sites for hydroxylation is 2. The van der Waals surface area contributed by atoms with E-state index < -0.39 is 17.4 Å². The fourth-order valence-electron chi connectivity index (χ4n) is 2.52. The van der Waals surface area contributed by atoms with Gasteiger partial charge in [0.05, 0.1) is 6.07 Å². The Balaban J connectivity index is 1.66. The number of halogens is 1. The average molecular weight is 364 g/mol. The van der Waals surface area contributed by atoms with E-state index >= 15 is 0 Å². The maximum atomic E-state index is 13.5. The van der Waals surface area contributed by atoms with Crippen molar-refractivity contribution in [3.63, 3.8) is 0 Å². The predicted octanol–water partition coefficient (Wildman–Crippen LogP) is 4.18. The van der Waals surface area contributed by atoms with Crippen molar-refractivity contribution in [2.45, 2.75) is 12.8 Å². The molecule has 0 unspecified atom stereocenters. The van der Waals surface area contributed by atoms with Gasteiger partial charge in [0, 0.05) is 24.1 Å². The Morgan fingerprint density at radius 1 is 1.00 bits per heavy atom. The van der Waals surface area contributed by atoms with Crippen LogP contribution in [0, 0.1) is 5.82 Å². The Morgan fingerprint density at radius 2 is 1.74 bits per heavy atom. The lowest BCUT2D eigenvalue weighted by Gasteiger charge is -2.04. The van der Waals surface area contributed by atoms with Crippen LogP contribution in [0.5, 0.6) is 5.75 Å². The zero-order chi connectivity index (χ0) is 19.1. The normalized spacial score (nSPS) is 10.9. The molecule has 0 N–H and O–H groups in total. The van der Waals surface area contributed by atoms with Crippen LogP contribution in [-0.4, -0.2) is 5.97 Å². The van der Waals surface area contributed by atoms with E-state index in [1.54, 1.807) is 12.1 Å². The van der Waals surface area contributed by atoms with Crippen LogP contribution in [0.3, 0.4) is 0 Å². The molecule has 1 heterocycles. The molecule has 0 aliphatic carbocycles. The minimum Gasteiger partial charge on any atom is -0.428 e. The molecule has 0 atom stereocenters. The van der Waals surface area contributed by atoms with E-state index in [0.717, 1.165) is 17.7 Å². The number of esters is 1. The molecule has 0 aliphatic heterocycles. The fourth-order valence-corrected chi connectivity index (χ4v) is 2.52. The first kappa shape index (κ1) is 18.3. The highest BCUT2D eigenvalue weighted by atomic mass is 19.1. The van der Waals surface area contributed by atoms with Crippen molar-refractivity contribution in [3.05, 3.63) is 106 Å². The topological polar surface area (TPSA) is 56.5 Å². The van der Waals surface area contributed by atoms with Gasteiger partial charge in [-0.15, -0.1) is 0 Å². The van der Waals surface area contributed by atoms with Gasteiger partial charge >= 0.3 is 11.6 Å². The van der Waals surface area contributed by atoms with Crippen LogP contribution in [0.1, 0.15) is 16.9 Å². The standard InChI is InChI=1S/C22H17FO4/c23-20-9-5-4-8-17(20)11-13-21(24)27-19-14-18(26-22(25)15-19)12-10-16-6-2-1-3-7-16/h1-9,11,13-15H,10,12H2/b13-11+. The van der Waals surface area contributed by atoms with Crippen molar-refractivity contribution >= 4 is 12.0 Å². The Labute approximate surface area is 155 Å². The van der Waals surface area contributed by atoms with Gasteiger partial charge < -0.3 is 9.15 Å². The molecule has 136 valence electrons. The number of ether oxygens (including phenoxy) is 1. The zero-order valence-electron chi connectivity index (χ0n) is 14.4. The third kappa shape index (κ3) is 5.51. The monoisotopic (exact) mass is 364 g/mol. The highest BCUT2D eigenvalue weighted by molar-refractivity contribution is 5.88. The Hall–Kier alpha value is -3.47. The summed E-state index contributed by atoms with van der Waals surface area (Å²) in [7, 11) is 0. The van der Waals surface area contributed by atoms with E-state index in [4.69, 9.17) is 9.15 Å². The summed E-state index contributed by atoms with van der Waals surface area (Å²) in [6.45, 7) is 0. The summed E-state index contributed by atoms with van der Waals surface area (Å²) >= 11 is 0. The summed E-state index contributed by atoms with van der Waals surface area (Å²) < 4.78 is 23.8. The largest absolute Gasteiger partial charge is 0.428 e. The van der Waals surface area contributed by atoms with Crippen molar-refractivity contribution in [3.8, 4) is 5.75 Å². The quantitative estimate of drug-likeness (QED) is 0.486. The second-order valence-corrected chi connectivity index (χ2v) is 5.84. The first-order valence-corrected chi connectivity index (χ1v) is 8.42. The summed E-state index contributed by atoms with van der Waals surface area (Å²) in [5.74, 6) is -0.632. The van der Waals surface area contributed by atoms with Gasteiger partial charge in [-0.05, 0) is 24.1 Å². The minimum atomic E-state index is -0.710. The van der Waals surface area contributed by atoms with Crippen LogP contribution in [-0.2, 0) is 17.6 Å². The van der Waals surface area contributed by atoms with E-state index in [-0.39, 0.29) is 11.3 Å². The highest BCUT2D eigenvalue weighted by Crippen LogP contribution is 2.14. The highest BCUT2D eigenvalue weighted by Gasteiger charge is 2.07. The Kier molecular flexibility index (Phi) is 5.94. The first-order chi connectivity index (χ1) is 13.1. The summed E-state index contributed by atoms with van der Waals surface area (Å²) in [5, 5.41) is 0. The maximum absolute atomic E-state index is 13.5. The van der Waals surface area contributed by atoms with Crippen LogP contribution in [0.25, 0.3) is 6.08 Å². The molecule has 0 aliphatic rings. The second-order valence-electron chi connectivity index (χ2n) is 5.84. The summed E-state index contributed by atoms with van der Waals surface area (Å²) in [4.78, 5) is 23.6. The number of hydrogen-bond donors (Lipinski definition) is 0. The van der Waals surface area contributed by atoms with Gasteiger partial charge in [-0.1, -0.05) is 48.5 Å². The van der Waals surface area contributed by atoms with Crippen molar-refractivity contribution in [1.82, 2.24) is 0 Å². The van der Waals surface area contributed by atoms with E-state index in [1.807, 2.05) is 30.3 Å². The second kappa shape index (κ2) is 8.76. The van der Waals surface area contributed by atoms with Gasteiger partial charge in [-0.2, -0.15) is 0 Å². The van der Waals surface area contributed by atoms with Gasteiger partial charge in [0.1, 0.15) is 17.3 Å². The molecular weight excluding hydrogens is 347 g/mol. The van der Waals surface area contributed by atoms with Gasteiger partial charge in [-0.25, -0.2) is 14.0 Å². The molecular formula is C22H17FO4. The molecule has 3 aromatic rings. The molecule has 3 rings (SSSR count). The lowest BCUT2D eigenvalue weighted by Crippen LogP contribution is -2.08. The van der Waals surface area contributed by atoms with E-state index in [2.05, 4.69) is 0 Å². The summed E-state index contributed by atoms with van der Waals surface area (Å²) in [6.07, 6.45) is 3.61. The lowest BCUT2D eigenvalue weighted by molar-refractivity contribution is -0.128. The Morgan fingerprint density at radius 3 is 2.52 bits per heavy atom. The van der Waals surface area contributed by atoms with Crippen LogP contribution in [0.2, 0.25) is 0 Å². The molecule has 0 saturated carbocycles. The summed E-state index contributed by atoms with van der Waals surface area (Å²) in [6, 6.07) is 18.4. The predicted molar refractivity (Wildman–Crippen MR) is 99.9 cm³/mol. The van der Waals surface area contributed by atoms with Crippen molar-refractivity contribution in [2.24, 2.45) is 0 Å².